The zero-order chi connectivity index (χ0) is 19.1. The number of rotatable bonds is 8. The highest BCUT2D eigenvalue weighted by molar-refractivity contribution is 6.04. The number of aliphatic hydroxyl groups is 1. The molecule has 2 aromatic rings. The molecular weight excluding hydrogens is 335 g/mol. The van der Waals surface area contributed by atoms with Crippen LogP contribution in [0.25, 0.3) is 6.08 Å². The maximum absolute atomic E-state index is 13.1. The smallest absolute Gasteiger partial charge is 0.153 e. The number of aromatic nitrogens is 1. The van der Waals surface area contributed by atoms with E-state index in [9.17, 15) is 19.1 Å². The van der Waals surface area contributed by atoms with E-state index in [-0.39, 0.29) is 11.4 Å². The van der Waals surface area contributed by atoms with Crippen LogP contribution in [0.2, 0.25) is 0 Å². The molecule has 0 saturated heterocycles. The van der Waals surface area contributed by atoms with Gasteiger partial charge in [-0.25, -0.2) is 4.39 Å². The van der Waals surface area contributed by atoms with Crippen molar-refractivity contribution in [3.05, 3.63) is 64.7 Å². The van der Waals surface area contributed by atoms with Crippen molar-refractivity contribution >= 4 is 24.3 Å². The molecule has 1 heterocycles. The number of halogens is 1. The number of carbonyl (C=O) groups is 2. The van der Waals surface area contributed by atoms with Gasteiger partial charge in [0.2, 0.25) is 0 Å². The second kappa shape index (κ2) is 9.01. The lowest BCUT2D eigenvalue weighted by Crippen LogP contribution is -2.27. The first-order valence-electron chi connectivity index (χ1n) is 8.17. The van der Waals surface area contributed by atoms with E-state index < -0.39 is 6.10 Å². The first kappa shape index (κ1) is 19.5. The van der Waals surface area contributed by atoms with Crippen molar-refractivity contribution in [2.45, 2.75) is 19.4 Å². The van der Waals surface area contributed by atoms with Crippen LogP contribution in [0.5, 0.6) is 0 Å². The number of aliphatic hydroxyl groups excluding tert-OH is 1. The lowest BCUT2D eigenvalue weighted by Gasteiger charge is -2.23. The molecule has 0 aliphatic carbocycles. The number of hydrogen-bond acceptors (Lipinski definition) is 5. The quantitative estimate of drug-likeness (QED) is 0.340. The standard InChI is InChI=1S/C20H21FN2O3/c1-14(26)11-23(2)20-9-16(7-15-3-5-18(21)6-4-15)10-22-19(20)8-17(12-24)13-25/h3-6,8-10,12-14,26H,7,11H2,1-2H3. The highest BCUT2D eigenvalue weighted by Gasteiger charge is 2.12. The summed E-state index contributed by atoms with van der Waals surface area (Å²) >= 11 is 0. The lowest BCUT2D eigenvalue weighted by atomic mass is 10.0. The third kappa shape index (κ3) is 5.32. The molecule has 2 rings (SSSR count). The second-order valence-corrected chi connectivity index (χ2v) is 6.16. The van der Waals surface area contributed by atoms with Crippen molar-refractivity contribution in [1.82, 2.24) is 4.98 Å². The third-order valence-electron chi connectivity index (χ3n) is 3.80. The van der Waals surface area contributed by atoms with E-state index in [0.29, 0.717) is 36.9 Å². The largest absolute Gasteiger partial charge is 0.392 e. The third-order valence-corrected chi connectivity index (χ3v) is 3.80. The zero-order valence-electron chi connectivity index (χ0n) is 14.7. The molecule has 26 heavy (non-hydrogen) atoms. The average molecular weight is 356 g/mol. The summed E-state index contributed by atoms with van der Waals surface area (Å²) in [6.07, 6.45) is 4.01. The predicted octanol–water partition coefficient (Wildman–Crippen LogP) is 2.41. The highest BCUT2D eigenvalue weighted by atomic mass is 19.1. The summed E-state index contributed by atoms with van der Waals surface area (Å²) in [6, 6.07) is 8.11. The van der Waals surface area contributed by atoms with E-state index in [1.54, 1.807) is 32.3 Å². The van der Waals surface area contributed by atoms with Crippen LogP contribution in [0.1, 0.15) is 23.7 Å². The summed E-state index contributed by atoms with van der Waals surface area (Å²) in [4.78, 5) is 28.0. The number of benzene rings is 1. The van der Waals surface area contributed by atoms with Crippen LogP contribution in [-0.4, -0.2) is 42.4 Å². The van der Waals surface area contributed by atoms with Crippen molar-refractivity contribution in [3.63, 3.8) is 0 Å². The number of allylic oxidation sites excluding steroid dienone is 1. The molecule has 0 spiro atoms. The summed E-state index contributed by atoms with van der Waals surface area (Å²) in [5.74, 6) is -0.292. The molecule has 1 N–H and O–H groups in total. The number of anilines is 1. The fourth-order valence-corrected chi connectivity index (χ4v) is 2.61. The topological polar surface area (TPSA) is 70.5 Å². The van der Waals surface area contributed by atoms with Gasteiger partial charge in [0.05, 0.1) is 23.1 Å². The van der Waals surface area contributed by atoms with E-state index in [1.807, 2.05) is 11.0 Å². The van der Waals surface area contributed by atoms with Gasteiger partial charge in [-0.3, -0.25) is 14.6 Å². The van der Waals surface area contributed by atoms with Crippen LogP contribution in [-0.2, 0) is 16.0 Å². The lowest BCUT2D eigenvalue weighted by molar-refractivity contribution is -0.109. The average Bonchev–Trinajstić information content (AvgIpc) is 2.61. The normalized spacial score (nSPS) is 11.5. The van der Waals surface area contributed by atoms with Gasteiger partial charge in [-0.05, 0) is 48.7 Å². The first-order valence-corrected chi connectivity index (χ1v) is 8.17. The number of nitrogens with zero attached hydrogens (tertiary/aromatic N) is 2. The van der Waals surface area contributed by atoms with Crippen LogP contribution in [0.3, 0.4) is 0 Å². The summed E-state index contributed by atoms with van der Waals surface area (Å²) in [5, 5.41) is 9.65. The fraction of sp³-hybridized carbons (Fsp3) is 0.250. The Hall–Kier alpha value is -2.86. The molecule has 1 unspecified atom stereocenters. The monoisotopic (exact) mass is 356 g/mol. The Morgan fingerprint density at radius 1 is 1.23 bits per heavy atom. The van der Waals surface area contributed by atoms with Gasteiger partial charge in [-0.1, -0.05) is 12.1 Å². The molecule has 0 aliphatic heterocycles. The van der Waals surface area contributed by atoms with Gasteiger partial charge in [-0.2, -0.15) is 0 Å². The Morgan fingerprint density at radius 2 is 1.88 bits per heavy atom. The van der Waals surface area contributed by atoms with Gasteiger partial charge in [0.1, 0.15) is 5.82 Å². The summed E-state index contributed by atoms with van der Waals surface area (Å²) in [6.45, 7) is 2.03. The van der Waals surface area contributed by atoms with E-state index in [1.165, 1.54) is 18.2 Å². The summed E-state index contributed by atoms with van der Waals surface area (Å²) in [5.41, 5.74) is 2.95. The molecule has 1 aromatic carbocycles. The predicted molar refractivity (Wildman–Crippen MR) is 98.5 cm³/mol. The second-order valence-electron chi connectivity index (χ2n) is 6.16. The Labute approximate surface area is 151 Å². The SMILES string of the molecule is CC(O)CN(C)c1cc(Cc2ccc(F)cc2)cnc1C=C(C=O)C=O. The number of hydrogen-bond donors (Lipinski definition) is 1. The summed E-state index contributed by atoms with van der Waals surface area (Å²) < 4.78 is 13.1. The Bertz CT molecular complexity index is 791. The molecule has 1 atom stereocenters. The van der Waals surface area contributed by atoms with E-state index >= 15 is 0 Å². The summed E-state index contributed by atoms with van der Waals surface area (Å²) in [7, 11) is 1.80. The molecule has 0 aliphatic rings. The number of pyridine rings is 1. The van der Waals surface area contributed by atoms with Crippen LogP contribution < -0.4 is 4.90 Å². The van der Waals surface area contributed by atoms with Gasteiger partial charge >= 0.3 is 0 Å². The molecule has 0 fully saturated rings. The van der Waals surface area contributed by atoms with Crippen LogP contribution in [0.4, 0.5) is 10.1 Å². The fourth-order valence-electron chi connectivity index (χ4n) is 2.61. The van der Waals surface area contributed by atoms with Gasteiger partial charge in [0.15, 0.2) is 12.6 Å². The molecule has 136 valence electrons. The minimum absolute atomic E-state index is 0.0181. The van der Waals surface area contributed by atoms with Gasteiger partial charge in [0, 0.05) is 19.8 Å². The molecule has 0 bridgehead atoms. The number of aldehydes is 2. The van der Waals surface area contributed by atoms with E-state index in [2.05, 4.69) is 4.98 Å². The maximum atomic E-state index is 13.1. The molecular formula is C20H21FN2O3. The van der Waals surface area contributed by atoms with E-state index in [4.69, 9.17) is 0 Å². The molecule has 1 aromatic heterocycles. The first-order chi connectivity index (χ1) is 12.4. The number of likely N-dealkylation sites (N-methyl/N-ethyl adjacent to an activating group) is 1. The van der Waals surface area contributed by atoms with Crippen LogP contribution in [0.15, 0.2) is 42.1 Å². The molecule has 0 saturated carbocycles. The van der Waals surface area contributed by atoms with Gasteiger partial charge < -0.3 is 10.0 Å². The molecule has 0 amide bonds. The Morgan fingerprint density at radius 3 is 2.46 bits per heavy atom. The zero-order valence-corrected chi connectivity index (χ0v) is 14.7. The minimum Gasteiger partial charge on any atom is -0.392 e. The molecule has 0 radical (unpaired) electrons. The van der Waals surface area contributed by atoms with Crippen molar-refractivity contribution in [2.75, 3.05) is 18.5 Å². The Balaban J connectivity index is 2.40. The van der Waals surface area contributed by atoms with Crippen LogP contribution >= 0.6 is 0 Å². The maximum Gasteiger partial charge on any atom is 0.153 e. The number of carbonyl (C=O) groups excluding carboxylic acids is 2. The molecule has 5 nitrogen and oxygen atoms in total. The Kier molecular flexibility index (Phi) is 6.74. The van der Waals surface area contributed by atoms with Gasteiger partial charge in [0.25, 0.3) is 0 Å². The minimum atomic E-state index is -0.561. The van der Waals surface area contributed by atoms with Gasteiger partial charge in [-0.15, -0.1) is 0 Å². The highest BCUT2D eigenvalue weighted by Crippen LogP contribution is 2.23. The van der Waals surface area contributed by atoms with Crippen molar-refractivity contribution in [3.8, 4) is 0 Å². The molecule has 6 heteroatoms. The van der Waals surface area contributed by atoms with Crippen molar-refractivity contribution < 1.29 is 19.1 Å². The van der Waals surface area contributed by atoms with E-state index in [0.717, 1.165) is 11.1 Å². The van der Waals surface area contributed by atoms with Crippen molar-refractivity contribution in [2.24, 2.45) is 0 Å². The van der Waals surface area contributed by atoms with Crippen molar-refractivity contribution in [1.29, 1.82) is 0 Å². The van der Waals surface area contributed by atoms with Crippen LogP contribution in [0, 0.1) is 5.82 Å².